The Bertz CT molecular complexity index is 570. The summed E-state index contributed by atoms with van der Waals surface area (Å²) in [5.41, 5.74) is 0. The van der Waals surface area contributed by atoms with Gasteiger partial charge in [0.05, 0.1) is 0 Å². The highest BCUT2D eigenvalue weighted by atomic mass is 32.2. The first kappa shape index (κ1) is 14.5. The van der Waals surface area contributed by atoms with Gasteiger partial charge in [0.15, 0.2) is 0 Å². The van der Waals surface area contributed by atoms with Crippen molar-refractivity contribution in [2.75, 3.05) is 26.2 Å². The summed E-state index contributed by atoms with van der Waals surface area (Å²) in [6.45, 7) is 7.19. The second kappa shape index (κ2) is 5.40. The first-order valence-electron chi connectivity index (χ1n) is 7.29. The van der Waals surface area contributed by atoms with Gasteiger partial charge in [-0.1, -0.05) is 0 Å². The minimum atomic E-state index is -3.27. The number of thiophene rings is 1. The molecule has 1 saturated heterocycles. The highest BCUT2D eigenvalue weighted by molar-refractivity contribution is 7.91. The van der Waals surface area contributed by atoms with Gasteiger partial charge in [0.25, 0.3) is 10.0 Å². The van der Waals surface area contributed by atoms with Gasteiger partial charge in [-0.05, 0) is 44.7 Å². The normalized spacial score (nSPS) is 23.9. The van der Waals surface area contributed by atoms with E-state index in [2.05, 4.69) is 11.8 Å². The van der Waals surface area contributed by atoms with Crippen molar-refractivity contribution in [3.05, 3.63) is 17.0 Å². The Morgan fingerprint density at radius 2 is 1.85 bits per heavy atom. The van der Waals surface area contributed by atoms with Crippen molar-refractivity contribution in [3.8, 4) is 0 Å². The van der Waals surface area contributed by atoms with Crippen LogP contribution in [0.2, 0.25) is 0 Å². The number of hydrogen-bond acceptors (Lipinski definition) is 4. The second-order valence-electron chi connectivity index (χ2n) is 5.88. The third-order valence-electron chi connectivity index (χ3n) is 4.46. The summed E-state index contributed by atoms with van der Waals surface area (Å²) in [6, 6.07) is 4.22. The van der Waals surface area contributed by atoms with E-state index >= 15 is 0 Å². The first-order chi connectivity index (χ1) is 9.48. The molecule has 0 N–H and O–H groups in total. The summed E-state index contributed by atoms with van der Waals surface area (Å²) in [5.74, 6) is 0.845. The predicted octanol–water partition coefficient (Wildman–Crippen LogP) is 2.16. The van der Waals surface area contributed by atoms with Gasteiger partial charge in [0, 0.05) is 37.1 Å². The molecule has 1 aliphatic heterocycles. The van der Waals surface area contributed by atoms with Gasteiger partial charge < -0.3 is 0 Å². The maximum atomic E-state index is 12.5. The third kappa shape index (κ3) is 2.79. The van der Waals surface area contributed by atoms with E-state index in [9.17, 15) is 8.42 Å². The molecule has 0 aromatic carbocycles. The maximum absolute atomic E-state index is 12.5. The van der Waals surface area contributed by atoms with Gasteiger partial charge in [-0.15, -0.1) is 11.3 Å². The number of piperazine rings is 1. The standard InChI is InChI=1S/C14H22N2O2S2/c1-11-3-6-14(19-11)20(17,18)16-9-7-15(8-10-16)12(2)13-4-5-13/h3,6,12-13H,4-5,7-10H2,1-2H3. The van der Waals surface area contributed by atoms with E-state index in [4.69, 9.17) is 0 Å². The Balaban J connectivity index is 1.65. The van der Waals surface area contributed by atoms with Crippen molar-refractivity contribution in [2.45, 2.75) is 36.9 Å². The van der Waals surface area contributed by atoms with Crippen molar-refractivity contribution >= 4 is 21.4 Å². The lowest BCUT2D eigenvalue weighted by Crippen LogP contribution is -2.51. The fraction of sp³-hybridized carbons (Fsp3) is 0.714. The average molecular weight is 314 g/mol. The van der Waals surface area contributed by atoms with Crippen molar-refractivity contribution in [1.29, 1.82) is 0 Å². The molecule has 4 nitrogen and oxygen atoms in total. The Morgan fingerprint density at radius 3 is 2.35 bits per heavy atom. The lowest BCUT2D eigenvalue weighted by Gasteiger charge is -2.37. The predicted molar refractivity (Wildman–Crippen MR) is 81.6 cm³/mol. The molecule has 112 valence electrons. The fourth-order valence-corrected chi connectivity index (χ4v) is 5.77. The zero-order valence-electron chi connectivity index (χ0n) is 12.1. The van der Waals surface area contributed by atoms with E-state index in [0.29, 0.717) is 23.3 Å². The Kier molecular flexibility index (Phi) is 3.92. The van der Waals surface area contributed by atoms with Crippen molar-refractivity contribution in [2.24, 2.45) is 5.92 Å². The van der Waals surface area contributed by atoms with Gasteiger partial charge in [0.1, 0.15) is 4.21 Å². The molecule has 3 rings (SSSR count). The zero-order chi connectivity index (χ0) is 14.3. The molecule has 0 bridgehead atoms. The monoisotopic (exact) mass is 314 g/mol. The summed E-state index contributed by atoms with van der Waals surface area (Å²) >= 11 is 1.37. The van der Waals surface area contributed by atoms with Crippen LogP contribution in [0.1, 0.15) is 24.6 Å². The van der Waals surface area contributed by atoms with Crippen LogP contribution in [-0.4, -0.2) is 49.8 Å². The molecule has 20 heavy (non-hydrogen) atoms. The Labute approximate surface area is 125 Å². The third-order valence-corrected chi connectivity index (χ3v) is 7.83. The minimum Gasteiger partial charge on any atom is -0.298 e. The molecule has 1 aliphatic carbocycles. The van der Waals surface area contributed by atoms with E-state index in [1.807, 2.05) is 13.0 Å². The maximum Gasteiger partial charge on any atom is 0.252 e. The van der Waals surface area contributed by atoms with Crippen LogP contribution in [0.25, 0.3) is 0 Å². The Morgan fingerprint density at radius 1 is 1.20 bits per heavy atom. The van der Waals surface area contributed by atoms with Crippen molar-refractivity contribution < 1.29 is 8.42 Å². The minimum absolute atomic E-state index is 0.485. The first-order valence-corrected chi connectivity index (χ1v) is 9.55. The fourth-order valence-electron chi connectivity index (χ4n) is 2.91. The van der Waals surface area contributed by atoms with E-state index < -0.39 is 10.0 Å². The van der Waals surface area contributed by atoms with Crippen LogP contribution in [0.5, 0.6) is 0 Å². The van der Waals surface area contributed by atoms with Crippen LogP contribution < -0.4 is 0 Å². The van der Waals surface area contributed by atoms with Crippen LogP contribution in [-0.2, 0) is 10.0 Å². The number of aryl methyl sites for hydroxylation is 1. The SMILES string of the molecule is Cc1ccc(S(=O)(=O)N2CCN(C(C)C3CC3)CC2)s1. The molecule has 1 atom stereocenters. The lowest BCUT2D eigenvalue weighted by atomic mass is 10.1. The molecule has 1 aromatic heterocycles. The van der Waals surface area contributed by atoms with Gasteiger partial charge in [-0.25, -0.2) is 8.42 Å². The number of sulfonamides is 1. The summed E-state index contributed by atoms with van der Waals surface area (Å²) < 4.78 is 27.2. The van der Waals surface area contributed by atoms with E-state index in [0.717, 1.165) is 23.9 Å². The smallest absolute Gasteiger partial charge is 0.252 e. The molecule has 2 aliphatic rings. The Hall–Kier alpha value is -0.430. The van der Waals surface area contributed by atoms with Crippen LogP contribution in [0.15, 0.2) is 16.3 Å². The second-order valence-corrected chi connectivity index (χ2v) is 9.34. The van der Waals surface area contributed by atoms with Gasteiger partial charge in [-0.3, -0.25) is 4.90 Å². The molecule has 2 heterocycles. The van der Waals surface area contributed by atoms with Crippen LogP contribution >= 0.6 is 11.3 Å². The molecule has 1 aromatic rings. The van der Waals surface area contributed by atoms with E-state index in [1.54, 1.807) is 10.4 Å². The van der Waals surface area contributed by atoms with Gasteiger partial charge in [0.2, 0.25) is 0 Å². The van der Waals surface area contributed by atoms with Crippen molar-refractivity contribution in [1.82, 2.24) is 9.21 Å². The average Bonchev–Trinajstić information content (AvgIpc) is 3.19. The molecule has 0 amide bonds. The quantitative estimate of drug-likeness (QED) is 0.855. The lowest BCUT2D eigenvalue weighted by molar-refractivity contribution is 0.133. The number of rotatable bonds is 4. The largest absolute Gasteiger partial charge is 0.298 e. The molecular weight excluding hydrogens is 292 g/mol. The highest BCUT2D eigenvalue weighted by Gasteiger charge is 2.35. The van der Waals surface area contributed by atoms with E-state index in [1.165, 1.54) is 24.2 Å². The molecular formula is C14H22N2O2S2. The van der Waals surface area contributed by atoms with Gasteiger partial charge in [-0.2, -0.15) is 4.31 Å². The van der Waals surface area contributed by atoms with Crippen LogP contribution in [0.4, 0.5) is 0 Å². The molecule has 2 fully saturated rings. The topological polar surface area (TPSA) is 40.6 Å². The summed E-state index contributed by atoms with van der Waals surface area (Å²) in [5, 5.41) is 0. The molecule has 1 saturated carbocycles. The van der Waals surface area contributed by atoms with Crippen molar-refractivity contribution in [3.63, 3.8) is 0 Å². The molecule has 0 radical (unpaired) electrons. The zero-order valence-corrected chi connectivity index (χ0v) is 13.7. The number of hydrogen-bond donors (Lipinski definition) is 0. The molecule has 6 heteroatoms. The number of nitrogens with zero attached hydrogens (tertiary/aromatic N) is 2. The highest BCUT2D eigenvalue weighted by Crippen LogP contribution is 2.35. The summed E-state index contributed by atoms with van der Waals surface area (Å²) in [6.07, 6.45) is 2.68. The van der Waals surface area contributed by atoms with Crippen LogP contribution in [0, 0.1) is 12.8 Å². The molecule has 1 unspecified atom stereocenters. The van der Waals surface area contributed by atoms with E-state index in [-0.39, 0.29) is 0 Å². The summed E-state index contributed by atoms with van der Waals surface area (Å²) in [4.78, 5) is 3.49. The van der Waals surface area contributed by atoms with Gasteiger partial charge >= 0.3 is 0 Å². The summed E-state index contributed by atoms with van der Waals surface area (Å²) in [7, 11) is -3.27. The van der Waals surface area contributed by atoms with Crippen LogP contribution in [0.3, 0.4) is 0 Å². The molecule has 0 spiro atoms.